The minimum absolute atomic E-state index is 0.00167. The van der Waals surface area contributed by atoms with Crippen molar-refractivity contribution in [3.8, 4) is 5.75 Å². The zero-order valence-corrected chi connectivity index (χ0v) is 10.4. The first kappa shape index (κ1) is 12.9. The Labute approximate surface area is 106 Å². The van der Waals surface area contributed by atoms with Crippen LogP contribution in [0, 0.1) is 0 Å². The molecule has 4 N–H and O–H groups in total. The lowest BCUT2D eigenvalue weighted by Gasteiger charge is -2.15. The van der Waals surface area contributed by atoms with Gasteiger partial charge in [0, 0.05) is 12.1 Å². The van der Waals surface area contributed by atoms with Crippen molar-refractivity contribution in [3.63, 3.8) is 0 Å². The molecule has 0 bridgehead atoms. The summed E-state index contributed by atoms with van der Waals surface area (Å²) in [6.45, 7) is 0.00167. The van der Waals surface area contributed by atoms with Gasteiger partial charge in [-0.1, -0.05) is 12.5 Å². The first-order valence-corrected chi connectivity index (χ1v) is 6.41. The highest BCUT2D eigenvalue weighted by Gasteiger charge is 2.23. The molecule has 4 heteroatoms. The number of phenolic OH excluding ortho intramolecular Hbond substituents is 1. The van der Waals surface area contributed by atoms with E-state index >= 15 is 0 Å². The van der Waals surface area contributed by atoms with Crippen LogP contribution in [0.5, 0.6) is 5.75 Å². The van der Waals surface area contributed by atoms with E-state index in [4.69, 9.17) is 10.8 Å². The average molecular weight is 249 g/mol. The van der Waals surface area contributed by atoms with E-state index in [1.807, 2.05) is 6.07 Å². The van der Waals surface area contributed by atoms with Crippen LogP contribution in [0.25, 0.3) is 0 Å². The Bertz CT molecular complexity index is 457. The van der Waals surface area contributed by atoms with E-state index in [9.17, 15) is 9.90 Å². The van der Waals surface area contributed by atoms with Crippen LogP contribution in [0.1, 0.15) is 41.9 Å². The Morgan fingerprint density at radius 2 is 1.83 bits per heavy atom. The van der Waals surface area contributed by atoms with Crippen molar-refractivity contribution >= 4 is 5.97 Å². The molecule has 98 valence electrons. The number of carboxylic acid groups (broad SMARTS) is 1. The summed E-state index contributed by atoms with van der Waals surface area (Å²) < 4.78 is 0. The standard InChI is InChI=1S/C14H19NO3/c15-8-12(14(17)18)11-6-9-4-2-1-3-5-10(9)7-13(11)16/h6-7,12,16H,1-5,8,15H2,(H,17,18). The fourth-order valence-corrected chi connectivity index (χ4v) is 2.61. The normalized spacial score (nSPS) is 16.7. The molecule has 0 spiro atoms. The van der Waals surface area contributed by atoms with Gasteiger partial charge in [0.1, 0.15) is 5.75 Å². The lowest BCUT2D eigenvalue weighted by atomic mass is 9.92. The minimum atomic E-state index is -0.985. The molecule has 1 aliphatic rings. The predicted molar refractivity (Wildman–Crippen MR) is 68.8 cm³/mol. The second kappa shape index (κ2) is 5.40. The summed E-state index contributed by atoms with van der Waals surface area (Å²) in [7, 11) is 0. The monoisotopic (exact) mass is 249 g/mol. The summed E-state index contributed by atoms with van der Waals surface area (Å²) in [4.78, 5) is 11.1. The molecule has 0 heterocycles. The van der Waals surface area contributed by atoms with Crippen LogP contribution in [-0.2, 0) is 17.6 Å². The number of nitrogens with two attached hydrogens (primary N) is 1. The molecular weight excluding hydrogens is 230 g/mol. The molecule has 18 heavy (non-hydrogen) atoms. The molecule has 1 unspecified atom stereocenters. The molecule has 4 nitrogen and oxygen atoms in total. The number of aryl methyl sites for hydroxylation is 2. The van der Waals surface area contributed by atoms with E-state index in [1.165, 1.54) is 12.0 Å². The summed E-state index contributed by atoms with van der Waals surface area (Å²) >= 11 is 0. The molecule has 0 aliphatic heterocycles. The molecule has 0 aromatic heterocycles. The SMILES string of the molecule is NCC(C(=O)O)c1cc2c(cc1O)CCCCC2. The van der Waals surface area contributed by atoms with Crippen molar-refractivity contribution < 1.29 is 15.0 Å². The third-order valence-electron chi connectivity index (χ3n) is 3.65. The Morgan fingerprint density at radius 1 is 1.22 bits per heavy atom. The lowest BCUT2D eigenvalue weighted by molar-refractivity contribution is -0.138. The smallest absolute Gasteiger partial charge is 0.312 e. The van der Waals surface area contributed by atoms with Gasteiger partial charge < -0.3 is 15.9 Å². The number of carboxylic acids is 1. The second-order valence-corrected chi connectivity index (χ2v) is 4.87. The number of hydrogen-bond acceptors (Lipinski definition) is 3. The van der Waals surface area contributed by atoms with Crippen molar-refractivity contribution in [2.24, 2.45) is 5.73 Å². The minimum Gasteiger partial charge on any atom is -0.508 e. The van der Waals surface area contributed by atoms with Gasteiger partial charge in [-0.25, -0.2) is 0 Å². The van der Waals surface area contributed by atoms with Gasteiger partial charge >= 0.3 is 5.97 Å². The van der Waals surface area contributed by atoms with Crippen molar-refractivity contribution in [3.05, 3.63) is 28.8 Å². The first-order valence-electron chi connectivity index (χ1n) is 6.41. The Morgan fingerprint density at radius 3 is 2.39 bits per heavy atom. The number of phenols is 1. The van der Waals surface area contributed by atoms with Crippen molar-refractivity contribution in [1.82, 2.24) is 0 Å². The number of carbonyl (C=O) groups is 1. The van der Waals surface area contributed by atoms with Gasteiger partial charge in [-0.05, 0) is 42.9 Å². The summed E-state index contributed by atoms with van der Waals surface area (Å²) in [5.74, 6) is -1.74. The van der Waals surface area contributed by atoms with Crippen LogP contribution >= 0.6 is 0 Å². The zero-order valence-electron chi connectivity index (χ0n) is 10.4. The molecular formula is C14H19NO3. The van der Waals surface area contributed by atoms with Gasteiger partial charge in [0.25, 0.3) is 0 Å². The largest absolute Gasteiger partial charge is 0.508 e. The second-order valence-electron chi connectivity index (χ2n) is 4.87. The van der Waals surface area contributed by atoms with Crippen LogP contribution in [-0.4, -0.2) is 22.7 Å². The molecule has 0 saturated heterocycles. The van der Waals surface area contributed by atoms with E-state index in [-0.39, 0.29) is 12.3 Å². The third kappa shape index (κ3) is 2.48. The number of hydrogen-bond donors (Lipinski definition) is 3. The van der Waals surface area contributed by atoms with Crippen LogP contribution < -0.4 is 5.73 Å². The number of aliphatic carboxylic acids is 1. The highest BCUT2D eigenvalue weighted by Crippen LogP contribution is 2.32. The molecule has 0 radical (unpaired) electrons. The van der Waals surface area contributed by atoms with Gasteiger partial charge in [-0.3, -0.25) is 4.79 Å². The lowest BCUT2D eigenvalue weighted by Crippen LogP contribution is -2.21. The van der Waals surface area contributed by atoms with Gasteiger partial charge in [-0.2, -0.15) is 0 Å². The fourth-order valence-electron chi connectivity index (χ4n) is 2.61. The van der Waals surface area contributed by atoms with E-state index in [0.717, 1.165) is 31.2 Å². The zero-order chi connectivity index (χ0) is 13.1. The summed E-state index contributed by atoms with van der Waals surface area (Å²) in [5.41, 5.74) is 8.25. The Kier molecular flexibility index (Phi) is 3.87. The van der Waals surface area contributed by atoms with Crippen molar-refractivity contribution in [1.29, 1.82) is 0 Å². The maximum atomic E-state index is 11.1. The number of benzene rings is 1. The molecule has 1 aromatic carbocycles. The molecule has 1 aliphatic carbocycles. The maximum Gasteiger partial charge on any atom is 0.312 e. The summed E-state index contributed by atoms with van der Waals surface area (Å²) in [5, 5.41) is 19.1. The summed E-state index contributed by atoms with van der Waals surface area (Å²) in [6.07, 6.45) is 5.36. The highest BCUT2D eigenvalue weighted by atomic mass is 16.4. The molecule has 2 rings (SSSR count). The number of rotatable bonds is 3. The van der Waals surface area contributed by atoms with Gasteiger partial charge in [0.15, 0.2) is 0 Å². The van der Waals surface area contributed by atoms with Gasteiger partial charge in [-0.15, -0.1) is 0 Å². The predicted octanol–water partition coefficient (Wildman–Crippen LogP) is 1.79. The number of fused-ring (bicyclic) bond motifs is 1. The molecule has 1 atom stereocenters. The van der Waals surface area contributed by atoms with Crippen LogP contribution in [0.15, 0.2) is 12.1 Å². The van der Waals surface area contributed by atoms with Crippen LogP contribution in [0.4, 0.5) is 0 Å². The van der Waals surface area contributed by atoms with Crippen LogP contribution in [0.2, 0.25) is 0 Å². The van der Waals surface area contributed by atoms with E-state index < -0.39 is 11.9 Å². The molecule has 0 amide bonds. The van der Waals surface area contributed by atoms with Crippen molar-refractivity contribution in [2.75, 3.05) is 6.54 Å². The van der Waals surface area contributed by atoms with Gasteiger partial charge in [0.2, 0.25) is 0 Å². The van der Waals surface area contributed by atoms with E-state index in [2.05, 4.69) is 0 Å². The molecule has 0 fully saturated rings. The van der Waals surface area contributed by atoms with Crippen molar-refractivity contribution in [2.45, 2.75) is 38.0 Å². The Balaban J connectivity index is 2.43. The van der Waals surface area contributed by atoms with E-state index in [0.29, 0.717) is 5.56 Å². The third-order valence-corrected chi connectivity index (χ3v) is 3.65. The average Bonchev–Trinajstić information content (AvgIpc) is 2.54. The molecule has 1 aromatic rings. The highest BCUT2D eigenvalue weighted by molar-refractivity contribution is 5.77. The first-order chi connectivity index (χ1) is 8.63. The van der Waals surface area contributed by atoms with E-state index in [1.54, 1.807) is 6.07 Å². The fraction of sp³-hybridized carbons (Fsp3) is 0.500. The molecule has 0 saturated carbocycles. The van der Waals surface area contributed by atoms with Crippen LogP contribution in [0.3, 0.4) is 0 Å². The number of aromatic hydroxyl groups is 1. The van der Waals surface area contributed by atoms with Gasteiger partial charge in [0.05, 0.1) is 5.92 Å². The quantitative estimate of drug-likeness (QED) is 0.713. The topological polar surface area (TPSA) is 83.6 Å². The Hall–Kier alpha value is -1.55. The summed E-state index contributed by atoms with van der Waals surface area (Å²) in [6, 6.07) is 3.56. The maximum absolute atomic E-state index is 11.1.